The van der Waals surface area contributed by atoms with Gasteiger partial charge in [-0.3, -0.25) is 4.79 Å². The second kappa shape index (κ2) is 5.78. The van der Waals surface area contributed by atoms with Crippen molar-refractivity contribution < 1.29 is 9.21 Å². The molecule has 0 bridgehead atoms. The van der Waals surface area contributed by atoms with Crippen LogP contribution in [0.15, 0.2) is 39.4 Å². The summed E-state index contributed by atoms with van der Waals surface area (Å²) < 4.78 is 5.64. The lowest BCUT2D eigenvalue weighted by molar-refractivity contribution is 0.0922. The number of benzene rings is 1. The van der Waals surface area contributed by atoms with Crippen molar-refractivity contribution >= 4 is 45.0 Å². The Labute approximate surface area is 122 Å². The molecule has 1 heterocycles. The summed E-state index contributed by atoms with van der Waals surface area (Å²) in [5, 5.41) is 3.79. The maximum absolute atomic E-state index is 11.7. The highest BCUT2D eigenvalue weighted by Gasteiger charge is 2.10. The van der Waals surface area contributed by atoms with Crippen molar-refractivity contribution in [3.05, 3.63) is 56.4 Å². The molecule has 1 aromatic heterocycles. The van der Waals surface area contributed by atoms with E-state index in [1.54, 1.807) is 30.3 Å². The number of carbonyl (C=O) groups excluding carboxylic acids is 1. The molecule has 0 saturated heterocycles. The fraction of sp³-hybridized carbons (Fsp3) is 0.0833. The zero-order valence-corrected chi connectivity index (χ0v) is 12.1. The Hall–Kier alpha value is -0.970. The van der Waals surface area contributed by atoms with Gasteiger partial charge >= 0.3 is 0 Å². The molecule has 3 nitrogen and oxygen atoms in total. The van der Waals surface area contributed by atoms with E-state index >= 15 is 0 Å². The van der Waals surface area contributed by atoms with Gasteiger partial charge < -0.3 is 9.73 Å². The van der Waals surface area contributed by atoms with Gasteiger partial charge in [0.2, 0.25) is 0 Å². The van der Waals surface area contributed by atoms with E-state index in [1.807, 2.05) is 0 Å². The average Bonchev–Trinajstić information content (AvgIpc) is 2.74. The molecule has 94 valence electrons. The highest BCUT2D eigenvalue weighted by atomic mass is 79.9. The van der Waals surface area contributed by atoms with Crippen LogP contribution in [0.25, 0.3) is 0 Å². The first-order valence-electron chi connectivity index (χ1n) is 5.04. The van der Waals surface area contributed by atoms with Crippen molar-refractivity contribution in [3.8, 4) is 0 Å². The second-order valence-electron chi connectivity index (χ2n) is 3.52. The van der Waals surface area contributed by atoms with Gasteiger partial charge in [-0.2, -0.15) is 0 Å². The predicted molar refractivity (Wildman–Crippen MR) is 74.0 cm³/mol. The van der Waals surface area contributed by atoms with Crippen molar-refractivity contribution in [3.63, 3.8) is 0 Å². The van der Waals surface area contributed by atoms with Crippen LogP contribution in [-0.2, 0) is 6.54 Å². The van der Waals surface area contributed by atoms with E-state index in [0.29, 0.717) is 21.3 Å². The molecule has 1 amide bonds. The SMILES string of the molecule is O=C(NCc1ccc(Cl)cc1Cl)c1ccc(Br)o1. The fourth-order valence-electron chi connectivity index (χ4n) is 1.36. The van der Waals surface area contributed by atoms with E-state index in [4.69, 9.17) is 27.6 Å². The first-order chi connectivity index (χ1) is 8.56. The summed E-state index contributed by atoms with van der Waals surface area (Å²) in [5.41, 5.74) is 0.792. The van der Waals surface area contributed by atoms with Crippen molar-refractivity contribution in [2.45, 2.75) is 6.54 Å². The van der Waals surface area contributed by atoms with Gasteiger partial charge in [-0.15, -0.1) is 0 Å². The highest BCUT2D eigenvalue weighted by Crippen LogP contribution is 2.21. The molecule has 0 fully saturated rings. The second-order valence-corrected chi connectivity index (χ2v) is 5.15. The largest absolute Gasteiger partial charge is 0.444 e. The van der Waals surface area contributed by atoms with Crippen LogP contribution in [0.3, 0.4) is 0 Å². The van der Waals surface area contributed by atoms with Crippen molar-refractivity contribution in [1.82, 2.24) is 5.32 Å². The summed E-state index contributed by atoms with van der Waals surface area (Å²) in [6.07, 6.45) is 0. The van der Waals surface area contributed by atoms with E-state index < -0.39 is 0 Å². The molecule has 1 N–H and O–H groups in total. The fourth-order valence-corrected chi connectivity index (χ4v) is 2.15. The van der Waals surface area contributed by atoms with Gasteiger partial charge in [-0.05, 0) is 45.8 Å². The average molecular weight is 349 g/mol. The molecule has 0 aliphatic heterocycles. The maximum Gasteiger partial charge on any atom is 0.287 e. The molecule has 6 heteroatoms. The molecule has 0 spiro atoms. The zero-order chi connectivity index (χ0) is 13.1. The monoisotopic (exact) mass is 347 g/mol. The first kappa shape index (κ1) is 13.5. The zero-order valence-electron chi connectivity index (χ0n) is 9.04. The molecule has 0 atom stereocenters. The molecule has 2 aromatic rings. The molecule has 0 aliphatic rings. The smallest absolute Gasteiger partial charge is 0.287 e. The molecule has 0 radical (unpaired) electrons. The molecular weight excluding hydrogens is 341 g/mol. The van der Waals surface area contributed by atoms with Crippen LogP contribution in [0, 0.1) is 0 Å². The Morgan fingerprint density at radius 3 is 2.67 bits per heavy atom. The van der Waals surface area contributed by atoms with Crippen LogP contribution in [0.5, 0.6) is 0 Å². The third kappa shape index (κ3) is 3.28. The summed E-state index contributed by atoms with van der Waals surface area (Å²) in [6.45, 7) is 0.313. The number of rotatable bonds is 3. The lowest BCUT2D eigenvalue weighted by atomic mass is 10.2. The standard InChI is InChI=1S/C12H8BrCl2NO2/c13-11-4-3-10(18-11)12(17)16-6-7-1-2-8(14)5-9(7)15/h1-5H,6H2,(H,16,17). The number of hydrogen-bond donors (Lipinski definition) is 1. The lowest BCUT2D eigenvalue weighted by Gasteiger charge is -2.05. The van der Waals surface area contributed by atoms with E-state index in [2.05, 4.69) is 21.2 Å². The number of nitrogens with one attached hydrogen (secondary N) is 1. The van der Waals surface area contributed by atoms with Gasteiger partial charge in [0.1, 0.15) is 0 Å². The van der Waals surface area contributed by atoms with Crippen LogP contribution in [0.2, 0.25) is 10.0 Å². The normalized spacial score (nSPS) is 10.4. The molecule has 18 heavy (non-hydrogen) atoms. The van der Waals surface area contributed by atoms with Gasteiger partial charge in [0.25, 0.3) is 5.91 Å². The predicted octanol–water partition coefficient (Wildman–Crippen LogP) is 4.28. The van der Waals surface area contributed by atoms with Crippen molar-refractivity contribution in [2.24, 2.45) is 0 Å². The quantitative estimate of drug-likeness (QED) is 0.899. The number of hydrogen-bond acceptors (Lipinski definition) is 2. The van der Waals surface area contributed by atoms with Gasteiger partial charge in [-0.1, -0.05) is 29.3 Å². The summed E-state index contributed by atoms with van der Waals surface area (Å²) in [6, 6.07) is 8.36. The van der Waals surface area contributed by atoms with Gasteiger partial charge in [0, 0.05) is 16.6 Å². The third-order valence-corrected chi connectivity index (χ3v) is 3.26. The minimum atomic E-state index is -0.299. The molecule has 0 saturated carbocycles. The molecule has 0 aliphatic carbocycles. The molecular formula is C12H8BrCl2NO2. The molecule has 1 aromatic carbocycles. The van der Waals surface area contributed by atoms with Gasteiger partial charge in [0.15, 0.2) is 10.4 Å². The summed E-state index contributed by atoms with van der Waals surface area (Å²) in [5.74, 6) is -0.0568. The number of carbonyl (C=O) groups is 1. The van der Waals surface area contributed by atoms with E-state index in [-0.39, 0.29) is 11.7 Å². The van der Waals surface area contributed by atoms with E-state index in [0.717, 1.165) is 5.56 Å². The first-order valence-corrected chi connectivity index (χ1v) is 6.58. The Balaban J connectivity index is 2.01. The van der Waals surface area contributed by atoms with Crippen LogP contribution in [-0.4, -0.2) is 5.91 Å². The number of amides is 1. The number of furan rings is 1. The van der Waals surface area contributed by atoms with E-state index in [9.17, 15) is 4.79 Å². The third-order valence-electron chi connectivity index (χ3n) is 2.25. The summed E-state index contributed by atoms with van der Waals surface area (Å²) >= 11 is 14.9. The number of halogens is 3. The van der Waals surface area contributed by atoms with Gasteiger partial charge in [-0.25, -0.2) is 0 Å². The minimum Gasteiger partial charge on any atom is -0.444 e. The Morgan fingerprint density at radius 1 is 1.28 bits per heavy atom. The highest BCUT2D eigenvalue weighted by molar-refractivity contribution is 9.10. The van der Waals surface area contributed by atoms with Crippen LogP contribution in [0.4, 0.5) is 0 Å². The van der Waals surface area contributed by atoms with Crippen molar-refractivity contribution in [2.75, 3.05) is 0 Å². The summed E-state index contributed by atoms with van der Waals surface area (Å²) in [4.78, 5) is 11.7. The van der Waals surface area contributed by atoms with Crippen LogP contribution in [0.1, 0.15) is 16.1 Å². The van der Waals surface area contributed by atoms with E-state index in [1.165, 1.54) is 0 Å². The Morgan fingerprint density at radius 2 is 2.06 bits per heavy atom. The van der Waals surface area contributed by atoms with Crippen molar-refractivity contribution in [1.29, 1.82) is 0 Å². The Bertz CT molecular complexity index is 583. The van der Waals surface area contributed by atoms with Gasteiger partial charge in [0.05, 0.1) is 0 Å². The van der Waals surface area contributed by atoms with Crippen LogP contribution >= 0.6 is 39.1 Å². The lowest BCUT2D eigenvalue weighted by Crippen LogP contribution is -2.22. The minimum absolute atomic E-state index is 0.243. The topological polar surface area (TPSA) is 42.2 Å². The molecule has 2 rings (SSSR count). The maximum atomic E-state index is 11.7. The summed E-state index contributed by atoms with van der Waals surface area (Å²) in [7, 11) is 0. The molecule has 0 unspecified atom stereocenters. The van der Waals surface area contributed by atoms with Crippen LogP contribution < -0.4 is 5.32 Å². The Kier molecular flexibility index (Phi) is 4.32.